The van der Waals surface area contributed by atoms with Gasteiger partial charge in [0.1, 0.15) is 5.15 Å². The summed E-state index contributed by atoms with van der Waals surface area (Å²) in [5, 5.41) is 22.9. The van der Waals surface area contributed by atoms with Crippen molar-refractivity contribution in [3.63, 3.8) is 0 Å². The third kappa shape index (κ3) is 2.28. The standard InChI is InChI=1S/C9H5ClN4O4/c10-6-3-5(9(15)16)4-8(11-6)13-2-1-7(12-13)14(17)18/h1-4H,(H,15,16). The fourth-order valence-electron chi connectivity index (χ4n) is 1.26. The molecule has 0 unspecified atom stereocenters. The monoisotopic (exact) mass is 268 g/mol. The van der Waals surface area contributed by atoms with Gasteiger partial charge in [0.25, 0.3) is 0 Å². The Bertz CT molecular complexity index is 639. The quantitative estimate of drug-likeness (QED) is 0.513. The van der Waals surface area contributed by atoms with Crippen molar-refractivity contribution in [2.75, 3.05) is 0 Å². The molecular formula is C9H5ClN4O4. The molecule has 9 heteroatoms. The van der Waals surface area contributed by atoms with Crippen molar-refractivity contribution in [2.45, 2.75) is 0 Å². The average Bonchev–Trinajstić information content (AvgIpc) is 2.77. The van der Waals surface area contributed by atoms with Gasteiger partial charge in [-0.3, -0.25) is 0 Å². The highest BCUT2D eigenvalue weighted by Crippen LogP contribution is 2.15. The van der Waals surface area contributed by atoms with E-state index in [1.54, 1.807) is 0 Å². The molecule has 0 saturated carbocycles. The van der Waals surface area contributed by atoms with Crippen molar-refractivity contribution in [3.8, 4) is 5.82 Å². The number of aromatic nitrogens is 3. The van der Waals surface area contributed by atoms with Crippen LogP contribution in [-0.2, 0) is 0 Å². The normalized spacial score (nSPS) is 10.3. The van der Waals surface area contributed by atoms with E-state index in [0.717, 1.165) is 4.68 Å². The molecule has 0 bridgehead atoms. The maximum absolute atomic E-state index is 10.8. The molecular weight excluding hydrogens is 264 g/mol. The molecule has 2 rings (SSSR count). The second-order valence-electron chi connectivity index (χ2n) is 3.22. The molecule has 2 aromatic rings. The Morgan fingerprint density at radius 2 is 2.22 bits per heavy atom. The minimum atomic E-state index is -1.18. The van der Waals surface area contributed by atoms with Crippen molar-refractivity contribution < 1.29 is 14.8 Å². The molecule has 2 aromatic heterocycles. The highest BCUT2D eigenvalue weighted by molar-refractivity contribution is 6.29. The van der Waals surface area contributed by atoms with Crippen LogP contribution in [0.1, 0.15) is 10.4 Å². The molecule has 0 fully saturated rings. The number of aromatic carboxylic acids is 1. The Kier molecular flexibility index (Phi) is 2.94. The van der Waals surface area contributed by atoms with Gasteiger partial charge in [-0.15, -0.1) is 4.68 Å². The van der Waals surface area contributed by atoms with Crippen molar-refractivity contribution in [1.29, 1.82) is 0 Å². The molecule has 0 amide bonds. The zero-order valence-electron chi connectivity index (χ0n) is 8.65. The van der Waals surface area contributed by atoms with Crippen LogP contribution in [0.25, 0.3) is 5.82 Å². The highest BCUT2D eigenvalue weighted by atomic mass is 35.5. The number of carbonyl (C=O) groups is 1. The minimum Gasteiger partial charge on any atom is -0.478 e. The van der Waals surface area contributed by atoms with Gasteiger partial charge in [-0.2, -0.15) is 0 Å². The van der Waals surface area contributed by atoms with E-state index >= 15 is 0 Å². The van der Waals surface area contributed by atoms with Crippen molar-refractivity contribution in [3.05, 3.63) is 45.2 Å². The fraction of sp³-hybridized carbons (Fsp3) is 0. The fourth-order valence-corrected chi connectivity index (χ4v) is 1.47. The van der Waals surface area contributed by atoms with Crippen LogP contribution in [0.4, 0.5) is 5.82 Å². The summed E-state index contributed by atoms with van der Waals surface area (Å²) in [6.45, 7) is 0. The van der Waals surface area contributed by atoms with Gasteiger partial charge in [0.15, 0.2) is 5.82 Å². The number of pyridine rings is 1. The number of nitro groups is 1. The van der Waals surface area contributed by atoms with Gasteiger partial charge in [0.2, 0.25) is 0 Å². The number of carboxylic acid groups (broad SMARTS) is 1. The Hall–Kier alpha value is -2.48. The number of rotatable bonds is 3. The van der Waals surface area contributed by atoms with Gasteiger partial charge in [-0.25, -0.2) is 9.78 Å². The highest BCUT2D eigenvalue weighted by Gasteiger charge is 2.15. The smallest absolute Gasteiger partial charge is 0.390 e. The Labute approximate surface area is 105 Å². The minimum absolute atomic E-state index is 0.0388. The summed E-state index contributed by atoms with van der Waals surface area (Å²) in [5.74, 6) is -1.45. The first-order valence-electron chi connectivity index (χ1n) is 4.58. The van der Waals surface area contributed by atoms with Gasteiger partial charge in [0.05, 0.1) is 22.9 Å². The summed E-state index contributed by atoms with van der Waals surface area (Å²) >= 11 is 5.66. The predicted molar refractivity (Wildman–Crippen MR) is 60.0 cm³/mol. The van der Waals surface area contributed by atoms with Crippen LogP contribution in [0.5, 0.6) is 0 Å². The lowest BCUT2D eigenvalue weighted by Crippen LogP contribution is -2.04. The van der Waals surface area contributed by atoms with E-state index in [0.29, 0.717) is 0 Å². The van der Waals surface area contributed by atoms with Gasteiger partial charge in [-0.05, 0) is 17.1 Å². The van der Waals surface area contributed by atoms with E-state index in [1.807, 2.05) is 0 Å². The first kappa shape index (κ1) is 12.0. The molecule has 0 radical (unpaired) electrons. The van der Waals surface area contributed by atoms with Gasteiger partial charge in [0, 0.05) is 0 Å². The number of hydrogen-bond donors (Lipinski definition) is 1. The van der Waals surface area contributed by atoms with E-state index in [2.05, 4.69) is 10.1 Å². The Morgan fingerprint density at radius 3 is 2.78 bits per heavy atom. The van der Waals surface area contributed by atoms with Crippen LogP contribution < -0.4 is 0 Å². The summed E-state index contributed by atoms with van der Waals surface area (Å²) < 4.78 is 1.08. The molecule has 0 aromatic carbocycles. The molecule has 0 spiro atoms. The summed E-state index contributed by atoms with van der Waals surface area (Å²) in [6.07, 6.45) is 1.29. The second kappa shape index (κ2) is 4.41. The topological polar surface area (TPSA) is 111 Å². The molecule has 92 valence electrons. The van der Waals surface area contributed by atoms with Crippen LogP contribution in [0.2, 0.25) is 5.15 Å². The van der Waals surface area contributed by atoms with Gasteiger partial charge in [-0.1, -0.05) is 11.6 Å². The molecule has 2 heterocycles. The first-order chi connectivity index (χ1) is 8.47. The van der Waals surface area contributed by atoms with Crippen LogP contribution in [-0.4, -0.2) is 30.8 Å². The van der Waals surface area contributed by atoms with Gasteiger partial charge >= 0.3 is 11.8 Å². The zero-order valence-corrected chi connectivity index (χ0v) is 9.40. The lowest BCUT2D eigenvalue weighted by molar-refractivity contribution is -0.389. The van der Waals surface area contributed by atoms with Crippen LogP contribution in [0.3, 0.4) is 0 Å². The maximum atomic E-state index is 10.8. The van der Waals surface area contributed by atoms with Crippen LogP contribution in [0, 0.1) is 10.1 Å². The number of hydrogen-bond acceptors (Lipinski definition) is 5. The molecule has 0 saturated heterocycles. The van der Waals surface area contributed by atoms with E-state index in [9.17, 15) is 14.9 Å². The van der Waals surface area contributed by atoms with E-state index in [1.165, 1.54) is 24.4 Å². The molecule has 0 aliphatic carbocycles. The average molecular weight is 269 g/mol. The maximum Gasteiger partial charge on any atom is 0.390 e. The lowest BCUT2D eigenvalue weighted by atomic mass is 10.2. The predicted octanol–water partition coefficient (Wildman–Crippen LogP) is 1.53. The first-order valence-corrected chi connectivity index (χ1v) is 4.96. The molecule has 0 aliphatic heterocycles. The van der Waals surface area contributed by atoms with Crippen LogP contribution >= 0.6 is 11.6 Å². The number of halogens is 1. The number of carboxylic acids is 1. The molecule has 8 nitrogen and oxygen atoms in total. The largest absolute Gasteiger partial charge is 0.478 e. The molecule has 18 heavy (non-hydrogen) atoms. The summed E-state index contributed by atoms with van der Waals surface area (Å²) in [4.78, 5) is 24.5. The SMILES string of the molecule is O=C(O)c1cc(Cl)nc(-n2ccc([N+](=O)[O-])n2)c1. The second-order valence-corrected chi connectivity index (χ2v) is 3.60. The van der Waals surface area contributed by atoms with Crippen molar-refractivity contribution in [2.24, 2.45) is 0 Å². The summed E-state index contributed by atoms with van der Waals surface area (Å²) in [7, 11) is 0. The summed E-state index contributed by atoms with van der Waals surface area (Å²) in [5.41, 5.74) is -0.0804. The van der Waals surface area contributed by atoms with E-state index in [-0.39, 0.29) is 22.4 Å². The third-order valence-electron chi connectivity index (χ3n) is 2.02. The Morgan fingerprint density at radius 1 is 1.50 bits per heavy atom. The summed E-state index contributed by atoms with van der Waals surface area (Å²) in [6, 6.07) is 3.55. The van der Waals surface area contributed by atoms with Gasteiger partial charge < -0.3 is 15.2 Å². The molecule has 0 atom stereocenters. The zero-order chi connectivity index (χ0) is 13.3. The lowest BCUT2D eigenvalue weighted by Gasteiger charge is -1.99. The number of nitrogens with zero attached hydrogens (tertiary/aromatic N) is 4. The molecule has 1 N–H and O–H groups in total. The van der Waals surface area contributed by atoms with E-state index < -0.39 is 10.9 Å². The Balaban J connectivity index is 2.49. The van der Waals surface area contributed by atoms with Crippen molar-refractivity contribution >= 4 is 23.4 Å². The third-order valence-corrected chi connectivity index (χ3v) is 2.22. The van der Waals surface area contributed by atoms with Crippen molar-refractivity contribution in [1.82, 2.24) is 14.8 Å². The molecule has 0 aliphatic rings. The van der Waals surface area contributed by atoms with Crippen LogP contribution in [0.15, 0.2) is 24.4 Å². The van der Waals surface area contributed by atoms with E-state index in [4.69, 9.17) is 16.7 Å².